The second-order valence-corrected chi connectivity index (χ2v) is 7.20. The molecule has 2 aliphatic rings. The van der Waals surface area contributed by atoms with Gasteiger partial charge in [-0.25, -0.2) is 0 Å². The Hall–Kier alpha value is -2.09. The largest absolute Gasteiger partial charge is 0.481 e. The lowest BCUT2D eigenvalue weighted by Crippen LogP contribution is -2.48. The minimum Gasteiger partial charge on any atom is -0.481 e. The molecule has 0 bridgehead atoms. The first kappa shape index (κ1) is 17.7. The van der Waals surface area contributed by atoms with Gasteiger partial charge in [-0.15, -0.1) is 0 Å². The molecule has 0 saturated carbocycles. The van der Waals surface area contributed by atoms with Crippen LogP contribution in [0.3, 0.4) is 0 Å². The Kier molecular flexibility index (Phi) is 4.99. The third-order valence-corrected chi connectivity index (χ3v) is 5.58. The molecule has 1 aromatic rings. The van der Waals surface area contributed by atoms with Gasteiger partial charge in [-0.2, -0.15) is 9.97 Å². The van der Waals surface area contributed by atoms with Crippen molar-refractivity contribution in [3.63, 3.8) is 0 Å². The fourth-order valence-corrected chi connectivity index (χ4v) is 3.74. The summed E-state index contributed by atoms with van der Waals surface area (Å²) in [7, 11) is 2.11. The summed E-state index contributed by atoms with van der Waals surface area (Å²) in [5.41, 5.74) is 5.26. The Morgan fingerprint density at radius 3 is 2.44 bits per heavy atom. The molecule has 2 saturated heterocycles. The van der Waals surface area contributed by atoms with E-state index in [9.17, 15) is 9.90 Å². The summed E-state index contributed by atoms with van der Waals surface area (Å²) in [5, 5.41) is 9.69. The number of hydrogen-bond acceptors (Lipinski definition) is 7. The minimum atomic E-state index is -0.721. The predicted molar refractivity (Wildman–Crippen MR) is 98.0 cm³/mol. The van der Waals surface area contributed by atoms with Crippen molar-refractivity contribution in [2.24, 2.45) is 5.41 Å². The SMILES string of the molecule is CCC1(C(=O)O)CCCN(c2cc(N3CCN(C)CC3)nc(N)n2)C1. The molecule has 0 amide bonds. The standard InChI is InChI=1S/C17H28N6O2/c1-3-17(15(24)25)5-4-6-23(12-17)14-11-13(19-16(18)20-14)22-9-7-21(2)8-10-22/h11H,3-10,12H2,1-2H3,(H,24,25)(H2,18,19,20). The molecule has 0 radical (unpaired) electrons. The first-order valence-corrected chi connectivity index (χ1v) is 9.00. The van der Waals surface area contributed by atoms with Crippen LogP contribution in [0.5, 0.6) is 0 Å². The molecule has 8 nitrogen and oxygen atoms in total. The number of nitrogens with zero attached hydrogens (tertiary/aromatic N) is 5. The van der Waals surface area contributed by atoms with Crippen LogP contribution in [-0.2, 0) is 4.79 Å². The fourth-order valence-electron chi connectivity index (χ4n) is 3.74. The van der Waals surface area contributed by atoms with E-state index in [1.54, 1.807) is 0 Å². The molecule has 138 valence electrons. The van der Waals surface area contributed by atoms with Crippen LogP contribution in [0.4, 0.5) is 17.6 Å². The monoisotopic (exact) mass is 348 g/mol. The van der Waals surface area contributed by atoms with Crippen LogP contribution in [0.2, 0.25) is 0 Å². The number of piperazine rings is 1. The molecule has 1 atom stereocenters. The van der Waals surface area contributed by atoms with Crippen molar-refractivity contribution < 1.29 is 9.90 Å². The van der Waals surface area contributed by atoms with Gasteiger partial charge in [0.25, 0.3) is 0 Å². The summed E-state index contributed by atoms with van der Waals surface area (Å²) < 4.78 is 0. The van der Waals surface area contributed by atoms with E-state index < -0.39 is 11.4 Å². The van der Waals surface area contributed by atoms with Crippen LogP contribution < -0.4 is 15.5 Å². The van der Waals surface area contributed by atoms with E-state index in [1.807, 2.05) is 13.0 Å². The molecular formula is C17H28N6O2. The van der Waals surface area contributed by atoms with Crippen LogP contribution in [0, 0.1) is 5.41 Å². The van der Waals surface area contributed by atoms with Crippen LogP contribution >= 0.6 is 0 Å². The average Bonchev–Trinajstić information content (AvgIpc) is 2.61. The molecule has 3 N–H and O–H groups in total. The van der Waals surface area contributed by atoms with Crippen molar-refractivity contribution in [1.29, 1.82) is 0 Å². The molecule has 2 fully saturated rings. The minimum absolute atomic E-state index is 0.245. The van der Waals surface area contributed by atoms with Crippen LogP contribution in [0.1, 0.15) is 26.2 Å². The molecule has 0 aliphatic carbocycles. The average molecular weight is 348 g/mol. The number of aromatic nitrogens is 2. The molecule has 3 rings (SSSR count). The van der Waals surface area contributed by atoms with Gasteiger partial charge in [-0.3, -0.25) is 4.79 Å². The van der Waals surface area contributed by atoms with Gasteiger partial charge in [-0.1, -0.05) is 6.92 Å². The van der Waals surface area contributed by atoms with Gasteiger partial charge in [0.15, 0.2) is 0 Å². The third-order valence-electron chi connectivity index (χ3n) is 5.58. The summed E-state index contributed by atoms with van der Waals surface area (Å²) in [6.45, 7) is 7.00. The number of piperidine rings is 1. The highest BCUT2D eigenvalue weighted by atomic mass is 16.4. The smallest absolute Gasteiger partial charge is 0.311 e. The molecule has 3 heterocycles. The lowest BCUT2D eigenvalue weighted by molar-refractivity contribution is -0.149. The lowest BCUT2D eigenvalue weighted by atomic mass is 9.77. The summed E-state index contributed by atoms with van der Waals surface area (Å²) in [4.78, 5) is 27.1. The Bertz CT molecular complexity index is 632. The van der Waals surface area contributed by atoms with Gasteiger partial charge < -0.3 is 25.5 Å². The zero-order chi connectivity index (χ0) is 18.0. The zero-order valence-electron chi connectivity index (χ0n) is 15.1. The van der Waals surface area contributed by atoms with Crippen LogP contribution in [0.25, 0.3) is 0 Å². The van der Waals surface area contributed by atoms with Gasteiger partial charge in [0.05, 0.1) is 5.41 Å². The van der Waals surface area contributed by atoms with Gasteiger partial charge in [0.2, 0.25) is 5.95 Å². The van der Waals surface area contributed by atoms with E-state index in [0.717, 1.165) is 50.8 Å². The highest BCUT2D eigenvalue weighted by Crippen LogP contribution is 2.36. The van der Waals surface area contributed by atoms with Gasteiger partial charge in [0.1, 0.15) is 11.6 Å². The molecule has 25 heavy (non-hydrogen) atoms. The van der Waals surface area contributed by atoms with Gasteiger partial charge in [0, 0.05) is 45.3 Å². The molecule has 2 aliphatic heterocycles. The Morgan fingerprint density at radius 1 is 1.20 bits per heavy atom. The fraction of sp³-hybridized carbons (Fsp3) is 0.706. The third kappa shape index (κ3) is 3.63. The Morgan fingerprint density at radius 2 is 1.84 bits per heavy atom. The Balaban J connectivity index is 1.83. The van der Waals surface area contributed by atoms with Crippen molar-refractivity contribution in [2.45, 2.75) is 26.2 Å². The van der Waals surface area contributed by atoms with E-state index >= 15 is 0 Å². The molecule has 0 spiro atoms. The number of nitrogens with two attached hydrogens (primary N) is 1. The summed E-state index contributed by atoms with van der Waals surface area (Å²) in [6.07, 6.45) is 2.17. The van der Waals surface area contributed by atoms with Crippen molar-refractivity contribution in [1.82, 2.24) is 14.9 Å². The summed E-state index contributed by atoms with van der Waals surface area (Å²) >= 11 is 0. The van der Waals surface area contributed by atoms with Crippen molar-refractivity contribution in [2.75, 3.05) is 61.8 Å². The van der Waals surface area contributed by atoms with Crippen molar-refractivity contribution in [3.8, 4) is 0 Å². The maximum absolute atomic E-state index is 11.8. The number of likely N-dealkylation sites (N-methyl/N-ethyl adjacent to an activating group) is 1. The number of carboxylic acids is 1. The molecule has 8 heteroatoms. The van der Waals surface area contributed by atoms with Crippen molar-refractivity contribution in [3.05, 3.63) is 6.07 Å². The second kappa shape index (κ2) is 7.03. The molecule has 0 aromatic carbocycles. The Labute approximate surface area is 148 Å². The highest BCUT2D eigenvalue weighted by molar-refractivity contribution is 5.76. The van der Waals surface area contributed by atoms with Crippen LogP contribution in [-0.4, -0.2) is 72.3 Å². The first-order valence-electron chi connectivity index (χ1n) is 9.00. The number of nitrogen functional groups attached to an aromatic ring is 1. The molecule has 1 aromatic heterocycles. The highest BCUT2D eigenvalue weighted by Gasteiger charge is 2.41. The van der Waals surface area contributed by atoms with E-state index in [2.05, 4.69) is 31.7 Å². The second-order valence-electron chi connectivity index (χ2n) is 7.20. The number of carbonyl (C=O) groups is 1. The number of carboxylic acid groups (broad SMARTS) is 1. The zero-order valence-corrected chi connectivity index (χ0v) is 15.1. The summed E-state index contributed by atoms with van der Waals surface area (Å²) in [6, 6.07) is 1.95. The topological polar surface area (TPSA) is 98.8 Å². The maximum atomic E-state index is 11.8. The van der Waals surface area contributed by atoms with Gasteiger partial charge in [-0.05, 0) is 26.3 Å². The summed E-state index contributed by atoms with van der Waals surface area (Å²) in [5.74, 6) is 1.09. The quantitative estimate of drug-likeness (QED) is 0.828. The molecule has 1 unspecified atom stereocenters. The first-order chi connectivity index (χ1) is 11.9. The van der Waals surface area contributed by atoms with E-state index in [4.69, 9.17) is 5.73 Å². The predicted octanol–water partition coefficient (Wildman–Crippen LogP) is 0.892. The number of rotatable bonds is 4. The van der Waals surface area contributed by atoms with Crippen LogP contribution in [0.15, 0.2) is 6.07 Å². The van der Waals surface area contributed by atoms with E-state index in [0.29, 0.717) is 19.4 Å². The molecular weight excluding hydrogens is 320 g/mol. The van der Waals surface area contributed by atoms with Crippen molar-refractivity contribution >= 4 is 23.6 Å². The lowest BCUT2D eigenvalue weighted by Gasteiger charge is -2.40. The van der Waals surface area contributed by atoms with Gasteiger partial charge >= 0.3 is 5.97 Å². The number of anilines is 3. The number of aliphatic carboxylic acids is 1. The number of hydrogen-bond donors (Lipinski definition) is 2. The maximum Gasteiger partial charge on any atom is 0.311 e. The van der Waals surface area contributed by atoms with E-state index in [1.165, 1.54) is 0 Å². The van der Waals surface area contributed by atoms with E-state index in [-0.39, 0.29) is 5.95 Å². The normalized spacial score (nSPS) is 25.2.